The first-order valence-corrected chi connectivity index (χ1v) is 7.34. The van der Waals surface area contributed by atoms with Gasteiger partial charge in [0.1, 0.15) is 5.82 Å². The number of thiol groups is 1. The van der Waals surface area contributed by atoms with Gasteiger partial charge in [-0.25, -0.2) is 4.98 Å². The Morgan fingerprint density at radius 2 is 2.05 bits per heavy atom. The molecule has 0 spiro atoms. The third-order valence-corrected chi connectivity index (χ3v) is 3.73. The van der Waals surface area contributed by atoms with Crippen LogP contribution in [0.4, 0.5) is 5.82 Å². The maximum Gasteiger partial charge on any atom is 0.224 e. The number of ether oxygens (including phenoxy) is 1. The molecule has 2 rings (SSSR count). The summed E-state index contributed by atoms with van der Waals surface area (Å²) in [5.41, 5.74) is 1.89. The van der Waals surface area contributed by atoms with E-state index >= 15 is 0 Å². The zero-order valence-corrected chi connectivity index (χ0v) is 13.3. The minimum absolute atomic E-state index is 0.238. The van der Waals surface area contributed by atoms with E-state index in [0.29, 0.717) is 13.2 Å². The van der Waals surface area contributed by atoms with Crippen LogP contribution in [-0.4, -0.2) is 36.3 Å². The molecule has 0 saturated carbocycles. The highest BCUT2D eigenvalue weighted by Gasteiger charge is 2.18. The van der Waals surface area contributed by atoms with Crippen molar-refractivity contribution < 1.29 is 4.74 Å². The quantitative estimate of drug-likeness (QED) is 0.528. The topological polar surface area (TPSA) is 38.2 Å². The predicted molar refractivity (Wildman–Crippen MR) is 85.8 cm³/mol. The molecule has 108 valence electrons. The molecular weight excluding hydrogens is 294 g/mol. The van der Waals surface area contributed by atoms with E-state index in [1.54, 1.807) is 0 Å². The summed E-state index contributed by atoms with van der Waals surface area (Å²) in [6.45, 7) is 6.99. The van der Waals surface area contributed by atoms with Crippen LogP contribution in [0.5, 0.6) is 0 Å². The molecule has 0 N–H and O–H groups in total. The standard InChI is InChI=1S/C14H18ClN3OS/c1-3-10(2)4-5-11-12(20)13(17-14(15)16-11)18-6-8-19-9-7-18/h3-5,20H,6-9H2,1-2H3/b5-4+,10-3+. The van der Waals surface area contributed by atoms with E-state index in [1.807, 2.05) is 32.1 Å². The summed E-state index contributed by atoms with van der Waals surface area (Å²) in [4.78, 5) is 11.4. The summed E-state index contributed by atoms with van der Waals surface area (Å²) in [6, 6.07) is 0. The van der Waals surface area contributed by atoms with Gasteiger partial charge in [0.15, 0.2) is 0 Å². The van der Waals surface area contributed by atoms with Crippen LogP contribution in [0.1, 0.15) is 19.5 Å². The van der Waals surface area contributed by atoms with Crippen LogP contribution in [-0.2, 0) is 4.74 Å². The van der Waals surface area contributed by atoms with Gasteiger partial charge in [-0.3, -0.25) is 0 Å². The molecule has 6 heteroatoms. The summed E-state index contributed by atoms with van der Waals surface area (Å²) in [6.07, 6.45) is 5.93. The first kappa shape index (κ1) is 15.4. The lowest BCUT2D eigenvalue weighted by molar-refractivity contribution is 0.122. The molecule has 2 heterocycles. The Bertz CT molecular complexity index is 539. The van der Waals surface area contributed by atoms with Gasteiger partial charge in [-0.15, -0.1) is 12.6 Å². The molecule has 1 fully saturated rings. The van der Waals surface area contributed by atoms with Gasteiger partial charge in [0.05, 0.1) is 23.8 Å². The van der Waals surface area contributed by atoms with E-state index in [9.17, 15) is 0 Å². The molecule has 0 amide bonds. The molecule has 4 nitrogen and oxygen atoms in total. The van der Waals surface area contributed by atoms with E-state index in [-0.39, 0.29) is 5.28 Å². The second-order valence-corrected chi connectivity index (χ2v) is 5.30. The van der Waals surface area contributed by atoms with Gasteiger partial charge in [-0.05, 0) is 31.5 Å². The Hall–Kier alpha value is -1.04. The summed E-state index contributed by atoms with van der Waals surface area (Å²) in [7, 11) is 0. The Kier molecular flexibility index (Phi) is 5.46. The molecule has 0 unspecified atom stereocenters. The molecule has 1 aliphatic rings. The Balaban J connectivity index is 2.34. The summed E-state index contributed by atoms with van der Waals surface area (Å²) >= 11 is 10.6. The average molecular weight is 312 g/mol. The molecule has 0 radical (unpaired) electrons. The number of aromatic nitrogens is 2. The van der Waals surface area contributed by atoms with Gasteiger partial charge in [0.25, 0.3) is 0 Å². The average Bonchev–Trinajstić information content (AvgIpc) is 2.48. The van der Waals surface area contributed by atoms with E-state index in [2.05, 4.69) is 27.5 Å². The fourth-order valence-electron chi connectivity index (χ4n) is 1.85. The minimum Gasteiger partial charge on any atom is -0.378 e. The number of halogens is 1. The number of allylic oxidation sites excluding steroid dienone is 3. The molecule has 0 aliphatic carbocycles. The van der Waals surface area contributed by atoms with Crippen molar-refractivity contribution in [1.29, 1.82) is 0 Å². The summed E-state index contributed by atoms with van der Waals surface area (Å²) in [5, 5.41) is 0.238. The molecule has 1 aliphatic heterocycles. The molecule has 1 saturated heterocycles. The zero-order valence-electron chi connectivity index (χ0n) is 11.6. The van der Waals surface area contributed by atoms with Crippen LogP contribution in [0.2, 0.25) is 5.28 Å². The highest BCUT2D eigenvalue weighted by Crippen LogP contribution is 2.27. The third-order valence-electron chi connectivity index (χ3n) is 3.14. The lowest BCUT2D eigenvalue weighted by Crippen LogP contribution is -2.37. The molecule has 1 aromatic heterocycles. The first-order chi connectivity index (χ1) is 9.61. The van der Waals surface area contributed by atoms with Crippen molar-refractivity contribution in [1.82, 2.24) is 9.97 Å². The molecule has 0 atom stereocenters. The van der Waals surface area contributed by atoms with Crippen LogP contribution < -0.4 is 4.90 Å². The minimum atomic E-state index is 0.238. The fourth-order valence-corrected chi connectivity index (χ4v) is 2.34. The van der Waals surface area contributed by atoms with Gasteiger partial charge in [-0.2, -0.15) is 4.98 Å². The van der Waals surface area contributed by atoms with E-state index in [1.165, 1.54) is 0 Å². The maximum atomic E-state index is 6.03. The molecule has 0 aromatic carbocycles. The second kappa shape index (κ2) is 7.11. The second-order valence-electron chi connectivity index (χ2n) is 4.52. The number of hydrogen-bond donors (Lipinski definition) is 1. The highest BCUT2D eigenvalue weighted by atomic mass is 35.5. The number of anilines is 1. The fraction of sp³-hybridized carbons (Fsp3) is 0.429. The van der Waals surface area contributed by atoms with Crippen LogP contribution >= 0.6 is 24.2 Å². The Morgan fingerprint density at radius 3 is 2.70 bits per heavy atom. The smallest absolute Gasteiger partial charge is 0.224 e. The van der Waals surface area contributed by atoms with Crippen LogP contribution in [0, 0.1) is 0 Å². The predicted octanol–water partition coefficient (Wildman–Crippen LogP) is 3.23. The Morgan fingerprint density at radius 1 is 1.35 bits per heavy atom. The van der Waals surface area contributed by atoms with Crippen molar-refractivity contribution in [2.24, 2.45) is 0 Å². The number of nitrogens with zero attached hydrogens (tertiary/aromatic N) is 3. The van der Waals surface area contributed by atoms with Crippen LogP contribution in [0.15, 0.2) is 22.6 Å². The van der Waals surface area contributed by atoms with Crippen molar-refractivity contribution in [2.45, 2.75) is 18.7 Å². The van der Waals surface area contributed by atoms with Crippen molar-refractivity contribution in [3.8, 4) is 0 Å². The summed E-state index contributed by atoms with van der Waals surface area (Å²) in [5.74, 6) is 0.773. The lowest BCUT2D eigenvalue weighted by Gasteiger charge is -2.29. The van der Waals surface area contributed by atoms with Gasteiger partial charge < -0.3 is 9.64 Å². The largest absolute Gasteiger partial charge is 0.378 e. The van der Waals surface area contributed by atoms with Crippen molar-refractivity contribution >= 4 is 36.1 Å². The van der Waals surface area contributed by atoms with E-state index in [0.717, 1.165) is 35.1 Å². The van der Waals surface area contributed by atoms with Crippen molar-refractivity contribution in [2.75, 3.05) is 31.2 Å². The molecule has 0 bridgehead atoms. The van der Waals surface area contributed by atoms with Gasteiger partial charge >= 0.3 is 0 Å². The monoisotopic (exact) mass is 311 g/mol. The van der Waals surface area contributed by atoms with E-state index in [4.69, 9.17) is 16.3 Å². The molecule has 1 aromatic rings. The van der Waals surface area contributed by atoms with Gasteiger partial charge in [0.2, 0.25) is 5.28 Å². The number of hydrogen-bond acceptors (Lipinski definition) is 5. The highest BCUT2D eigenvalue weighted by molar-refractivity contribution is 7.80. The maximum absolute atomic E-state index is 6.03. The lowest BCUT2D eigenvalue weighted by atomic mass is 10.2. The van der Waals surface area contributed by atoms with Crippen LogP contribution in [0.3, 0.4) is 0 Å². The van der Waals surface area contributed by atoms with Crippen LogP contribution in [0.25, 0.3) is 6.08 Å². The van der Waals surface area contributed by atoms with Gasteiger partial charge in [-0.1, -0.05) is 17.7 Å². The Labute approximate surface area is 129 Å². The SMILES string of the molecule is C/C=C(C)/C=C/c1nc(Cl)nc(N2CCOCC2)c1S. The number of morpholine rings is 1. The third kappa shape index (κ3) is 3.75. The van der Waals surface area contributed by atoms with E-state index < -0.39 is 0 Å². The molecular formula is C14H18ClN3OS. The van der Waals surface area contributed by atoms with Gasteiger partial charge in [0, 0.05) is 13.1 Å². The zero-order chi connectivity index (χ0) is 14.5. The normalized spacial score (nSPS) is 17.0. The molecule has 20 heavy (non-hydrogen) atoms. The first-order valence-electron chi connectivity index (χ1n) is 6.52. The van der Waals surface area contributed by atoms with Crippen molar-refractivity contribution in [3.05, 3.63) is 28.7 Å². The summed E-state index contributed by atoms with van der Waals surface area (Å²) < 4.78 is 5.35. The van der Waals surface area contributed by atoms with Crippen molar-refractivity contribution in [3.63, 3.8) is 0 Å². The number of rotatable bonds is 3.